The molecule has 5 nitrogen and oxygen atoms in total. The van der Waals surface area contributed by atoms with Crippen molar-refractivity contribution in [2.45, 2.75) is 38.1 Å². The zero-order valence-electron chi connectivity index (χ0n) is 12.0. The third-order valence-corrected chi connectivity index (χ3v) is 4.80. The fourth-order valence-electron chi connectivity index (χ4n) is 1.70. The van der Waals surface area contributed by atoms with Crippen LogP contribution >= 0.6 is 11.6 Å². The van der Waals surface area contributed by atoms with Crippen molar-refractivity contribution in [3.8, 4) is 0 Å². The van der Waals surface area contributed by atoms with Crippen LogP contribution in [0.2, 0.25) is 5.02 Å². The van der Waals surface area contributed by atoms with E-state index in [2.05, 4.69) is 5.32 Å². The van der Waals surface area contributed by atoms with E-state index in [-0.39, 0.29) is 17.0 Å². The van der Waals surface area contributed by atoms with Crippen molar-refractivity contribution >= 4 is 27.5 Å². The Kier molecular flexibility index (Phi) is 5.72. The summed E-state index contributed by atoms with van der Waals surface area (Å²) in [6.07, 6.45) is 0.840. The van der Waals surface area contributed by atoms with Gasteiger partial charge in [-0.15, -0.1) is 0 Å². The summed E-state index contributed by atoms with van der Waals surface area (Å²) in [5.74, 6) is -1.41. The summed E-state index contributed by atoms with van der Waals surface area (Å²) in [5, 5.41) is 7.25. The molecule has 3 N–H and O–H groups in total. The van der Waals surface area contributed by atoms with Crippen LogP contribution < -0.4 is 10.5 Å². The third kappa shape index (κ3) is 4.39. The molecular formula is C13H18ClFN2O3S. The number of nitrogens with one attached hydrogen (secondary N) is 1. The molecule has 0 fully saturated rings. The molecule has 118 valence electrons. The second-order valence-electron chi connectivity index (χ2n) is 4.96. The Morgan fingerprint density at radius 2 is 2.00 bits per heavy atom. The molecule has 0 aliphatic heterocycles. The van der Waals surface area contributed by atoms with Gasteiger partial charge in [0.15, 0.2) is 0 Å². The van der Waals surface area contributed by atoms with Crippen molar-refractivity contribution in [2.75, 3.05) is 0 Å². The molecule has 0 aromatic heterocycles. The van der Waals surface area contributed by atoms with E-state index < -0.39 is 32.2 Å². The molecule has 0 radical (unpaired) electrons. The Hall–Kier alpha value is -1.18. The van der Waals surface area contributed by atoms with Gasteiger partial charge in [-0.05, 0) is 25.0 Å². The number of carbonyl (C=O) groups excluding carboxylic acids is 1. The number of halogens is 2. The lowest BCUT2D eigenvalue weighted by molar-refractivity contribution is 0.0924. The van der Waals surface area contributed by atoms with Crippen molar-refractivity contribution in [1.29, 1.82) is 0 Å². The number of primary sulfonamides is 1. The largest absolute Gasteiger partial charge is 0.349 e. The van der Waals surface area contributed by atoms with Gasteiger partial charge in [0.2, 0.25) is 10.0 Å². The van der Waals surface area contributed by atoms with E-state index in [0.717, 1.165) is 18.6 Å². The molecule has 1 aromatic rings. The molecule has 0 aliphatic carbocycles. The van der Waals surface area contributed by atoms with Gasteiger partial charge in [-0.25, -0.2) is 17.9 Å². The molecular weight excluding hydrogens is 319 g/mol. The van der Waals surface area contributed by atoms with E-state index in [0.29, 0.717) is 0 Å². The van der Waals surface area contributed by atoms with Gasteiger partial charge in [0.25, 0.3) is 5.91 Å². The third-order valence-electron chi connectivity index (χ3n) is 3.43. The molecule has 2 unspecified atom stereocenters. The number of benzene rings is 1. The average Bonchev–Trinajstić information content (AvgIpc) is 2.35. The van der Waals surface area contributed by atoms with Gasteiger partial charge in [-0.1, -0.05) is 31.9 Å². The highest BCUT2D eigenvalue weighted by Crippen LogP contribution is 2.24. The van der Waals surface area contributed by atoms with Crippen LogP contribution in [-0.4, -0.2) is 20.4 Å². The fourth-order valence-corrected chi connectivity index (χ4v) is 2.79. The van der Waals surface area contributed by atoms with Crippen molar-refractivity contribution in [2.24, 2.45) is 11.1 Å². The average molecular weight is 337 g/mol. The van der Waals surface area contributed by atoms with Crippen molar-refractivity contribution in [3.63, 3.8) is 0 Å². The normalized spacial score (nSPS) is 14.6. The van der Waals surface area contributed by atoms with Gasteiger partial charge in [-0.2, -0.15) is 0 Å². The summed E-state index contributed by atoms with van der Waals surface area (Å²) in [4.78, 5) is 11.6. The van der Waals surface area contributed by atoms with E-state index in [1.807, 2.05) is 13.8 Å². The smallest absolute Gasteiger partial charge is 0.254 e. The van der Waals surface area contributed by atoms with Crippen LogP contribution in [0.5, 0.6) is 0 Å². The molecule has 1 rings (SSSR count). The van der Waals surface area contributed by atoms with Crippen LogP contribution in [0.25, 0.3) is 0 Å². The van der Waals surface area contributed by atoms with Crippen molar-refractivity contribution in [1.82, 2.24) is 5.32 Å². The van der Waals surface area contributed by atoms with Gasteiger partial charge >= 0.3 is 0 Å². The first-order valence-corrected chi connectivity index (χ1v) is 8.33. The Morgan fingerprint density at radius 3 is 2.48 bits per heavy atom. The highest BCUT2D eigenvalue weighted by atomic mass is 35.5. The van der Waals surface area contributed by atoms with E-state index >= 15 is 0 Å². The van der Waals surface area contributed by atoms with Gasteiger partial charge in [-0.3, -0.25) is 4.79 Å². The second kappa shape index (κ2) is 6.72. The lowest BCUT2D eigenvalue weighted by atomic mass is 10.0. The summed E-state index contributed by atoms with van der Waals surface area (Å²) in [5.41, 5.74) is -0.404. The quantitative estimate of drug-likeness (QED) is 0.864. The molecule has 0 spiro atoms. The highest BCUT2D eigenvalue weighted by Gasteiger charge is 2.22. The summed E-state index contributed by atoms with van der Waals surface area (Å²) in [7, 11) is -4.13. The maximum Gasteiger partial charge on any atom is 0.254 e. The molecule has 0 saturated carbocycles. The van der Waals surface area contributed by atoms with Gasteiger partial charge in [0.05, 0.1) is 10.6 Å². The number of amides is 1. The van der Waals surface area contributed by atoms with Crippen LogP contribution in [0.3, 0.4) is 0 Å². The molecule has 0 saturated heterocycles. The Morgan fingerprint density at radius 1 is 1.43 bits per heavy atom. The molecule has 2 atom stereocenters. The SMILES string of the molecule is CCC(C)C(C)NC(=O)c1cc(S(N)(=O)=O)c(Cl)cc1F. The zero-order valence-corrected chi connectivity index (χ0v) is 13.6. The molecule has 21 heavy (non-hydrogen) atoms. The van der Waals surface area contributed by atoms with E-state index in [1.54, 1.807) is 6.92 Å². The number of hydrogen-bond donors (Lipinski definition) is 2. The van der Waals surface area contributed by atoms with Crippen LogP contribution in [0.4, 0.5) is 4.39 Å². The summed E-state index contributed by atoms with van der Waals surface area (Å²) in [6.45, 7) is 5.70. The lowest BCUT2D eigenvalue weighted by Gasteiger charge is -2.20. The number of rotatable bonds is 5. The predicted molar refractivity (Wildman–Crippen MR) is 79.2 cm³/mol. The van der Waals surface area contributed by atoms with Crippen molar-refractivity contribution < 1.29 is 17.6 Å². The Balaban J connectivity index is 3.16. The standard InChI is InChI=1S/C13H18ClFN2O3S/c1-4-7(2)8(3)17-13(18)9-5-12(21(16,19)20)10(14)6-11(9)15/h5-8H,4H2,1-3H3,(H,17,18)(H2,16,19,20). The van der Waals surface area contributed by atoms with Crippen LogP contribution in [-0.2, 0) is 10.0 Å². The number of nitrogens with two attached hydrogens (primary N) is 1. The first-order chi connectivity index (χ1) is 9.57. The second-order valence-corrected chi connectivity index (χ2v) is 6.89. The van der Waals surface area contributed by atoms with E-state index in [4.69, 9.17) is 16.7 Å². The fraction of sp³-hybridized carbons (Fsp3) is 0.462. The molecule has 8 heteroatoms. The van der Waals surface area contributed by atoms with Crippen LogP contribution in [0, 0.1) is 11.7 Å². The van der Waals surface area contributed by atoms with Gasteiger partial charge < -0.3 is 5.32 Å². The Bertz CT molecular complexity index is 649. The minimum Gasteiger partial charge on any atom is -0.349 e. The maximum absolute atomic E-state index is 13.8. The zero-order chi connectivity index (χ0) is 16.4. The topological polar surface area (TPSA) is 89.3 Å². The maximum atomic E-state index is 13.8. The molecule has 0 aliphatic rings. The van der Waals surface area contributed by atoms with E-state index in [1.165, 1.54) is 0 Å². The Labute approximate surface area is 128 Å². The molecule has 1 aromatic carbocycles. The summed E-state index contributed by atoms with van der Waals surface area (Å²) in [6, 6.07) is 1.44. The minimum absolute atomic E-state index is 0.185. The van der Waals surface area contributed by atoms with Crippen LogP contribution in [0.1, 0.15) is 37.6 Å². The number of carbonyl (C=O) groups is 1. The molecule has 1 amide bonds. The first-order valence-electron chi connectivity index (χ1n) is 6.40. The highest BCUT2D eigenvalue weighted by molar-refractivity contribution is 7.89. The molecule has 0 heterocycles. The first kappa shape index (κ1) is 17.9. The van der Waals surface area contributed by atoms with E-state index in [9.17, 15) is 17.6 Å². The summed E-state index contributed by atoms with van der Waals surface area (Å²) >= 11 is 5.64. The molecule has 0 bridgehead atoms. The lowest BCUT2D eigenvalue weighted by Crippen LogP contribution is -2.37. The number of sulfonamides is 1. The van der Waals surface area contributed by atoms with Crippen molar-refractivity contribution in [3.05, 3.63) is 28.5 Å². The van der Waals surface area contributed by atoms with Gasteiger partial charge in [0, 0.05) is 6.04 Å². The van der Waals surface area contributed by atoms with Gasteiger partial charge in [0.1, 0.15) is 10.7 Å². The number of hydrogen-bond acceptors (Lipinski definition) is 3. The predicted octanol–water partition coefficient (Wildman–Crippen LogP) is 2.29. The monoisotopic (exact) mass is 336 g/mol. The van der Waals surface area contributed by atoms with Crippen LogP contribution in [0.15, 0.2) is 17.0 Å². The minimum atomic E-state index is -4.13. The summed E-state index contributed by atoms with van der Waals surface area (Å²) < 4.78 is 36.5.